The van der Waals surface area contributed by atoms with Crippen LogP contribution >= 0.6 is 22.6 Å². The van der Waals surface area contributed by atoms with Gasteiger partial charge in [0.25, 0.3) is 0 Å². The Bertz CT molecular complexity index is 444. The van der Waals surface area contributed by atoms with Crippen LogP contribution in [0.3, 0.4) is 0 Å². The molecule has 0 aliphatic heterocycles. The minimum absolute atomic E-state index is 0.00442. The van der Waals surface area contributed by atoms with Crippen LogP contribution in [0.5, 0.6) is 0 Å². The van der Waals surface area contributed by atoms with Crippen molar-refractivity contribution >= 4 is 34.2 Å². The number of carbonyl (C=O) groups is 1. The average Bonchev–Trinajstić information content (AvgIpc) is 2.50. The zero-order chi connectivity index (χ0) is 15.1. The molecule has 0 radical (unpaired) electrons. The molecule has 1 aliphatic carbocycles. The van der Waals surface area contributed by atoms with Crippen molar-refractivity contribution in [3.05, 3.63) is 27.8 Å². The van der Waals surface area contributed by atoms with Crippen molar-refractivity contribution in [2.24, 2.45) is 0 Å². The number of nitrogens with zero attached hydrogens (tertiary/aromatic N) is 1. The van der Waals surface area contributed by atoms with Crippen LogP contribution < -0.4 is 5.32 Å². The molecule has 0 bridgehead atoms. The number of carbonyl (C=O) groups excluding carboxylic acids is 1. The van der Waals surface area contributed by atoms with E-state index in [1.807, 2.05) is 24.3 Å². The number of nitrogens with one attached hydrogen (secondary N) is 1. The van der Waals surface area contributed by atoms with Crippen molar-refractivity contribution in [1.82, 2.24) is 4.90 Å². The van der Waals surface area contributed by atoms with Gasteiger partial charge in [-0.3, -0.25) is 9.69 Å². The average molecular weight is 402 g/mol. The minimum atomic E-state index is -0.00442. The summed E-state index contributed by atoms with van der Waals surface area (Å²) in [5.74, 6) is -0.00442. The Labute approximate surface area is 140 Å². The molecule has 0 spiro atoms. The van der Waals surface area contributed by atoms with Gasteiger partial charge in [0.15, 0.2) is 0 Å². The first-order chi connectivity index (χ1) is 10.2. The van der Waals surface area contributed by atoms with Crippen LogP contribution in [0.4, 0.5) is 5.69 Å². The van der Waals surface area contributed by atoms with Crippen LogP contribution in [-0.2, 0) is 4.79 Å². The molecule has 1 fully saturated rings. The van der Waals surface area contributed by atoms with Gasteiger partial charge in [0.1, 0.15) is 0 Å². The Kier molecular flexibility index (Phi) is 6.92. The van der Waals surface area contributed by atoms with E-state index in [0.717, 1.165) is 22.1 Å². The summed E-state index contributed by atoms with van der Waals surface area (Å²) in [7, 11) is 0. The zero-order valence-electron chi connectivity index (χ0n) is 12.2. The van der Waals surface area contributed by atoms with E-state index in [4.69, 9.17) is 0 Å². The summed E-state index contributed by atoms with van der Waals surface area (Å²) in [5, 5.41) is 12.2. The molecule has 1 saturated carbocycles. The first-order valence-electron chi connectivity index (χ1n) is 7.59. The smallest absolute Gasteiger partial charge is 0.238 e. The van der Waals surface area contributed by atoms with Gasteiger partial charge in [-0.05, 0) is 59.7 Å². The predicted octanol–water partition coefficient (Wildman–Crippen LogP) is 2.86. The van der Waals surface area contributed by atoms with Gasteiger partial charge in [-0.25, -0.2) is 0 Å². The number of hydrogen-bond acceptors (Lipinski definition) is 3. The molecule has 0 atom stereocenters. The predicted molar refractivity (Wildman–Crippen MR) is 93.3 cm³/mol. The zero-order valence-corrected chi connectivity index (χ0v) is 14.4. The van der Waals surface area contributed by atoms with Crippen molar-refractivity contribution in [1.29, 1.82) is 0 Å². The summed E-state index contributed by atoms with van der Waals surface area (Å²) in [6.45, 7) is 1.04. The highest BCUT2D eigenvalue weighted by Crippen LogP contribution is 2.22. The van der Waals surface area contributed by atoms with Gasteiger partial charge in [0.05, 0.1) is 13.2 Å². The van der Waals surface area contributed by atoms with Crippen molar-refractivity contribution in [3.8, 4) is 0 Å². The quantitative estimate of drug-likeness (QED) is 0.720. The largest absolute Gasteiger partial charge is 0.395 e. The van der Waals surface area contributed by atoms with Gasteiger partial charge < -0.3 is 10.4 Å². The molecule has 1 amide bonds. The summed E-state index contributed by atoms with van der Waals surface area (Å²) < 4.78 is 1.15. The highest BCUT2D eigenvalue weighted by atomic mass is 127. The Morgan fingerprint density at radius 3 is 2.52 bits per heavy atom. The van der Waals surface area contributed by atoms with E-state index in [0.29, 0.717) is 19.1 Å². The fourth-order valence-electron chi connectivity index (χ4n) is 2.88. The van der Waals surface area contributed by atoms with E-state index in [-0.39, 0.29) is 12.5 Å². The molecule has 0 unspecified atom stereocenters. The maximum Gasteiger partial charge on any atom is 0.238 e. The number of anilines is 1. The van der Waals surface area contributed by atoms with E-state index in [1.165, 1.54) is 19.3 Å². The molecule has 0 saturated heterocycles. The number of benzene rings is 1. The molecule has 1 aromatic rings. The third-order valence-corrected chi connectivity index (χ3v) is 4.67. The Hall–Kier alpha value is -0.660. The van der Waals surface area contributed by atoms with E-state index >= 15 is 0 Å². The molecule has 1 aliphatic rings. The van der Waals surface area contributed by atoms with Crippen molar-refractivity contribution < 1.29 is 9.90 Å². The SMILES string of the molecule is O=C(CN(CCO)C1CCCCC1)Nc1ccc(I)cc1. The Morgan fingerprint density at radius 2 is 1.90 bits per heavy atom. The number of aliphatic hydroxyl groups excluding tert-OH is 1. The highest BCUT2D eigenvalue weighted by Gasteiger charge is 2.22. The Balaban J connectivity index is 1.89. The lowest BCUT2D eigenvalue weighted by molar-refractivity contribution is -0.118. The topological polar surface area (TPSA) is 52.6 Å². The lowest BCUT2D eigenvalue weighted by Crippen LogP contribution is -2.43. The molecular weight excluding hydrogens is 379 g/mol. The first kappa shape index (κ1) is 16.7. The van der Waals surface area contributed by atoms with E-state index in [2.05, 4.69) is 32.8 Å². The molecule has 116 valence electrons. The van der Waals surface area contributed by atoms with E-state index < -0.39 is 0 Å². The molecule has 2 rings (SSSR count). The second-order valence-corrected chi connectivity index (χ2v) is 6.79. The van der Waals surface area contributed by atoms with Crippen LogP contribution in [0.15, 0.2) is 24.3 Å². The molecule has 0 heterocycles. The number of halogens is 1. The summed E-state index contributed by atoms with van der Waals surface area (Å²) in [5.41, 5.74) is 0.827. The molecule has 1 aromatic carbocycles. The first-order valence-corrected chi connectivity index (χ1v) is 8.67. The number of rotatable bonds is 6. The fourth-order valence-corrected chi connectivity index (χ4v) is 3.24. The second kappa shape index (κ2) is 8.70. The van der Waals surface area contributed by atoms with Gasteiger partial charge in [-0.1, -0.05) is 19.3 Å². The monoisotopic (exact) mass is 402 g/mol. The number of aliphatic hydroxyl groups is 1. The summed E-state index contributed by atoms with van der Waals surface area (Å²) in [6, 6.07) is 8.22. The molecule has 5 heteroatoms. The van der Waals surface area contributed by atoms with Crippen LogP contribution in [0, 0.1) is 3.57 Å². The lowest BCUT2D eigenvalue weighted by atomic mass is 9.94. The number of hydrogen-bond donors (Lipinski definition) is 2. The van der Waals surface area contributed by atoms with Crippen molar-refractivity contribution in [3.63, 3.8) is 0 Å². The van der Waals surface area contributed by atoms with Crippen LogP contribution in [-0.4, -0.2) is 41.7 Å². The van der Waals surface area contributed by atoms with E-state index in [1.54, 1.807) is 0 Å². The maximum atomic E-state index is 12.2. The summed E-state index contributed by atoms with van der Waals surface area (Å²) >= 11 is 2.24. The standard InChI is InChI=1S/C16H23IN2O2/c17-13-6-8-14(9-7-13)18-16(21)12-19(10-11-20)15-4-2-1-3-5-15/h6-9,15,20H,1-5,10-12H2,(H,18,21). The maximum absolute atomic E-state index is 12.2. The molecule has 21 heavy (non-hydrogen) atoms. The van der Waals surface area contributed by atoms with Crippen LogP contribution in [0.25, 0.3) is 0 Å². The van der Waals surface area contributed by atoms with Crippen molar-refractivity contribution in [2.45, 2.75) is 38.1 Å². The molecule has 4 nitrogen and oxygen atoms in total. The van der Waals surface area contributed by atoms with Gasteiger partial charge in [0.2, 0.25) is 5.91 Å². The van der Waals surface area contributed by atoms with Gasteiger partial charge in [-0.2, -0.15) is 0 Å². The normalized spacial score (nSPS) is 16.1. The van der Waals surface area contributed by atoms with E-state index in [9.17, 15) is 9.90 Å². The van der Waals surface area contributed by atoms with Gasteiger partial charge >= 0.3 is 0 Å². The Morgan fingerprint density at radius 1 is 1.24 bits per heavy atom. The molecule has 0 aromatic heterocycles. The van der Waals surface area contributed by atoms with Crippen LogP contribution in [0.1, 0.15) is 32.1 Å². The number of amides is 1. The highest BCUT2D eigenvalue weighted by molar-refractivity contribution is 14.1. The fraction of sp³-hybridized carbons (Fsp3) is 0.562. The van der Waals surface area contributed by atoms with Gasteiger partial charge in [-0.15, -0.1) is 0 Å². The van der Waals surface area contributed by atoms with Crippen molar-refractivity contribution in [2.75, 3.05) is 25.0 Å². The second-order valence-electron chi connectivity index (χ2n) is 5.54. The van der Waals surface area contributed by atoms with Gasteiger partial charge in [0, 0.05) is 21.8 Å². The third-order valence-electron chi connectivity index (χ3n) is 3.95. The third kappa shape index (κ3) is 5.56. The molecular formula is C16H23IN2O2. The lowest BCUT2D eigenvalue weighted by Gasteiger charge is -2.33. The minimum Gasteiger partial charge on any atom is -0.395 e. The summed E-state index contributed by atoms with van der Waals surface area (Å²) in [6.07, 6.45) is 6.02. The molecule has 2 N–H and O–H groups in total. The van der Waals surface area contributed by atoms with Crippen LogP contribution in [0.2, 0.25) is 0 Å². The summed E-state index contributed by atoms with van der Waals surface area (Å²) in [4.78, 5) is 14.3.